The second kappa shape index (κ2) is 5.14. The first-order valence-corrected chi connectivity index (χ1v) is 5.76. The first-order valence-electron chi connectivity index (χ1n) is 5.76. The number of nitrogens with zero attached hydrogens (tertiary/aromatic N) is 3. The van der Waals surface area contributed by atoms with Crippen molar-refractivity contribution in [2.24, 2.45) is 5.18 Å². The minimum absolute atomic E-state index is 0.0274. The van der Waals surface area contributed by atoms with E-state index in [9.17, 15) is 9.70 Å². The average Bonchev–Trinajstić information content (AvgIpc) is 2.39. The molecule has 0 atom stereocenters. The molecule has 0 bridgehead atoms. The molecule has 0 saturated carbocycles. The van der Waals surface area contributed by atoms with Crippen molar-refractivity contribution in [2.75, 3.05) is 38.1 Å². The Kier molecular flexibility index (Phi) is 3.57. The average molecular weight is 249 g/mol. The summed E-state index contributed by atoms with van der Waals surface area (Å²) in [6.45, 7) is 3.58. The van der Waals surface area contributed by atoms with E-state index in [1.165, 1.54) is 12.1 Å². The molecule has 1 N–H and O–H groups in total. The lowest BCUT2D eigenvalue weighted by atomic mass is 10.1. The Labute approximate surface area is 105 Å². The second-order valence-electron chi connectivity index (χ2n) is 4.39. The van der Waals surface area contributed by atoms with Gasteiger partial charge in [-0.3, -0.25) is 0 Å². The van der Waals surface area contributed by atoms with E-state index in [1.807, 2.05) is 0 Å². The molecule has 6 nitrogen and oxygen atoms in total. The number of carboxylic acids is 1. The van der Waals surface area contributed by atoms with Crippen LogP contribution in [0.2, 0.25) is 0 Å². The highest BCUT2D eigenvalue weighted by Crippen LogP contribution is 2.26. The van der Waals surface area contributed by atoms with Crippen molar-refractivity contribution in [3.63, 3.8) is 0 Å². The highest BCUT2D eigenvalue weighted by Gasteiger charge is 2.17. The summed E-state index contributed by atoms with van der Waals surface area (Å²) in [5.41, 5.74) is 0.759. The molecule has 6 heteroatoms. The van der Waals surface area contributed by atoms with Gasteiger partial charge in [0.2, 0.25) is 0 Å². The van der Waals surface area contributed by atoms with Crippen molar-refractivity contribution in [1.29, 1.82) is 0 Å². The zero-order chi connectivity index (χ0) is 13.1. The van der Waals surface area contributed by atoms with Gasteiger partial charge in [0.15, 0.2) is 0 Å². The maximum Gasteiger partial charge on any atom is 0.338 e. The van der Waals surface area contributed by atoms with Gasteiger partial charge in [0.05, 0.1) is 5.56 Å². The molecule has 96 valence electrons. The zero-order valence-electron chi connectivity index (χ0n) is 10.2. The normalized spacial score (nSPS) is 16.6. The summed E-state index contributed by atoms with van der Waals surface area (Å²) in [6, 6.07) is 4.73. The summed E-state index contributed by atoms with van der Waals surface area (Å²) in [5, 5.41) is 11.8. The second-order valence-corrected chi connectivity index (χ2v) is 4.39. The van der Waals surface area contributed by atoms with Crippen LogP contribution in [-0.2, 0) is 0 Å². The molecular weight excluding hydrogens is 234 g/mol. The summed E-state index contributed by atoms with van der Waals surface area (Å²) < 4.78 is 0. The van der Waals surface area contributed by atoms with Gasteiger partial charge in [-0.25, -0.2) is 4.79 Å². The zero-order valence-corrected chi connectivity index (χ0v) is 10.2. The fourth-order valence-corrected chi connectivity index (χ4v) is 2.04. The quantitative estimate of drug-likeness (QED) is 0.822. The van der Waals surface area contributed by atoms with Gasteiger partial charge in [-0.15, -0.1) is 4.91 Å². The minimum atomic E-state index is -1.12. The van der Waals surface area contributed by atoms with E-state index in [-0.39, 0.29) is 11.3 Å². The van der Waals surface area contributed by atoms with Crippen LogP contribution in [0, 0.1) is 4.91 Å². The topological polar surface area (TPSA) is 73.2 Å². The van der Waals surface area contributed by atoms with Crippen LogP contribution >= 0.6 is 0 Å². The largest absolute Gasteiger partial charge is 0.478 e. The molecular formula is C12H15N3O3. The van der Waals surface area contributed by atoms with Crippen LogP contribution in [0.15, 0.2) is 23.4 Å². The molecule has 0 amide bonds. The van der Waals surface area contributed by atoms with Crippen molar-refractivity contribution < 1.29 is 9.90 Å². The van der Waals surface area contributed by atoms with Crippen LogP contribution in [0.4, 0.5) is 11.4 Å². The molecule has 0 unspecified atom stereocenters. The van der Waals surface area contributed by atoms with Crippen molar-refractivity contribution >= 4 is 17.3 Å². The van der Waals surface area contributed by atoms with Crippen LogP contribution in [0.5, 0.6) is 0 Å². The SMILES string of the molecule is CN1CCN(c2ccc(N=O)c(C(=O)O)c2)CC1. The first-order chi connectivity index (χ1) is 8.61. The van der Waals surface area contributed by atoms with E-state index >= 15 is 0 Å². The van der Waals surface area contributed by atoms with E-state index in [4.69, 9.17) is 5.11 Å². The lowest BCUT2D eigenvalue weighted by Crippen LogP contribution is -2.44. The van der Waals surface area contributed by atoms with Crippen LogP contribution in [-0.4, -0.2) is 49.2 Å². The van der Waals surface area contributed by atoms with Crippen LogP contribution < -0.4 is 4.90 Å². The van der Waals surface area contributed by atoms with Crippen LogP contribution in [0.25, 0.3) is 0 Å². The third-order valence-electron chi connectivity index (χ3n) is 3.18. The fraction of sp³-hybridized carbons (Fsp3) is 0.417. The Morgan fingerprint density at radius 1 is 1.28 bits per heavy atom. The van der Waals surface area contributed by atoms with Gasteiger partial charge >= 0.3 is 5.97 Å². The van der Waals surface area contributed by atoms with Crippen LogP contribution in [0.1, 0.15) is 10.4 Å². The molecule has 1 saturated heterocycles. The van der Waals surface area contributed by atoms with Crippen molar-refractivity contribution in [2.45, 2.75) is 0 Å². The summed E-state index contributed by atoms with van der Waals surface area (Å²) in [7, 11) is 2.05. The molecule has 0 aliphatic carbocycles. The number of aromatic carboxylic acids is 1. The van der Waals surface area contributed by atoms with E-state index in [2.05, 4.69) is 22.0 Å². The van der Waals surface area contributed by atoms with Crippen LogP contribution in [0.3, 0.4) is 0 Å². The number of carbonyl (C=O) groups is 1. The molecule has 2 rings (SSSR count). The smallest absolute Gasteiger partial charge is 0.338 e. The lowest BCUT2D eigenvalue weighted by molar-refractivity contribution is 0.0698. The molecule has 0 radical (unpaired) electrons. The van der Waals surface area contributed by atoms with E-state index < -0.39 is 5.97 Å². The van der Waals surface area contributed by atoms with Gasteiger partial charge in [0, 0.05) is 31.9 Å². The monoisotopic (exact) mass is 249 g/mol. The van der Waals surface area contributed by atoms with Gasteiger partial charge in [-0.05, 0) is 30.4 Å². The summed E-state index contributed by atoms with van der Waals surface area (Å²) in [4.78, 5) is 25.9. The molecule has 1 aromatic rings. The van der Waals surface area contributed by atoms with Crippen molar-refractivity contribution in [3.05, 3.63) is 28.7 Å². The Bertz CT molecular complexity index is 468. The molecule has 1 fully saturated rings. The maximum absolute atomic E-state index is 11.0. The standard InChI is InChI=1S/C12H15N3O3/c1-14-4-6-15(7-5-14)9-2-3-11(13-18)10(8-9)12(16)17/h2-3,8H,4-7H2,1H3,(H,16,17). The number of likely N-dealkylation sites (N-methyl/N-ethyl adjacent to an activating group) is 1. The van der Waals surface area contributed by atoms with Crippen molar-refractivity contribution in [1.82, 2.24) is 4.90 Å². The van der Waals surface area contributed by atoms with Gasteiger partial charge < -0.3 is 14.9 Å². The number of rotatable bonds is 3. The van der Waals surface area contributed by atoms with Gasteiger partial charge in [-0.2, -0.15) is 0 Å². The number of anilines is 1. The molecule has 0 aromatic heterocycles. The van der Waals surface area contributed by atoms with E-state index in [0.717, 1.165) is 31.9 Å². The molecule has 1 aromatic carbocycles. The number of nitroso groups, excluding NO2 is 1. The molecule has 0 spiro atoms. The predicted molar refractivity (Wildman–Crippen MR) is 68.6 cm³/mol. The van der Waals surface area contributed by atoms with E-state index in [0.29, 0.717) is 0 Å². The number of carboxylic acid groups (broad SMARTS) is 1. The Morgan fingerprint density at radius 2 is 1.94 bits per heavy atom. The Hall–Kier alpha value is -1.95. The maximum atomic E-state index is 11.0. The molecule has 1 heterocycles. The predicted octanol–water partition coefficient (Wildman–Crippen LogP) is 1.53. The van der Waals surface area contributed by atoms with Gasteiger partial charge in [0.25, 0.3) is 0 Å². The molecule has 1 aliphatic heterocycles. The van der Waals surface area contributed by atoms with Gasteiger partial charge in [-0.1, -0.05) is 0 Å². The molecule has 18 heavy (non-hydrogen) atoms. The Morgan fingerprint density at radius 3 is 2.50 bits per heavy atom. The van der Waals surface area contributed by atoms with Gasteiger partial charge in [0.1, 0.15) is 5.69 Å². The fourth-order valence-electron chi connectivity index (χ4n) is 2.04. The minimum Gasteiger partial charge on any atom is -0.478 e. The third kappa shape index (κ3) is 2.48. The third-order valence-corrected chi connectivity index (χ3v) is 3.18. The summed E-state index contributed by atoms with van der Waals surface area (Å²) in [6.07, 6.45) is 0. The number of benzene rings is 1. The number of piperazine rings is 1. The molecule has 1 aliphatic rings. The van der Waals surface area contributed by atoms with E-state index in [1.54, 1.807) is 6.07 Å². The summed E-state index contributed by atoms with van der Waals surface area (Å²) in [5.74, 6) is -1.12. The first kappa shape index (κ1) is 12.5. The Balaban J connectivity index is 2.26. The highest BCUT2D eigenvalue weighted by molar-refractivity contribution is 5.94. The lowest BCUT2D eigenvalue weighted by Gasteiger charge is -2.34. The number of hydrogen-bond acceptors (Lipinski definition) is 5. The highest BCUT2D eigenvalue weighted by atomic mass is 16.4. The van der Waals surface area contributed by atoms with Crippen molar-refractivity contribution in [3.8, 4) is 0 Å². The number of hydrogen-bond donors (Lipinski definition) is 1. The summed E-state index contributed by atoms with van der Waals surface area (Å²) >= 11 is 0.